The van der Waals surface area contributed by atoms with Gasteiger partial charge in [0.2, 0.25) is 23.6 Å². The predicted molar refractivity (Wildman–Crippen MR) is 192 cm³/mol. The number of benzene rings is 3. The van der Waals surface area contributed by atoms with Crippen LogP contribution in [0.3, 0.4) is 0 Å². The number of hydrogen-bond acceptors (Lipinski definition) is 8. The fraction of sp³-hybridized carbons (Fsp3) is 0.385. The summed E-state index contributed by atoms with van der Waals surface area (Å²) in [5.74, 6) is -3.57. The molecule has 0 aromatic heterocycles. The topological polar surface area (TPSA) is 169 Å². The molecular weight excluding hydrogens is 652 g/mol. The van der Waals surface area contributed by atoms with Gasteiger partial charge in [-0.2, -0.15) is 0 Å². The van der Waals surface area contributed by atoms with Crippen molar-refractivity contribution in [1.29, 1.82) is 0 Å². The average Bonchev–Trinajstić information content (AvgIpc) is 3.07. The van der Waals surface area contributed by atoms with Gasteiger partial charge in [-0.05, 0) is 69.4 Å². The highest BCUT2D eigenvalue weighted by Crippen LogP contribution is 2.24. The molecule has 0 aliphatic rings. The minimum Gasteiger partial charge on any atom is -0.460 e. The van der Waals surface area contributed by atoms with E-state index in [1.54, 1.807) is 57.2 Å². The summed E-state index contributed by atoms with van der Waals surface area (Å²) in [5.41, 5.74) is 0.487. The summed E-state index contributed by atoms with van der Waals surface area (Å²) in [6.45, 7) is 8.95. The molecule has 3 aromatic carbocycles. The first kappa shape index (κ1) is 39.9. The first-order valence-electron chi connectivity index (χ1n) is 16.9. The number of para-hydroxylation sites is 1. The molecule has 3 atom stereocenters. The number of hydrogen-bond donors (Lipinski definition) is 4. The SMILES string of the molecule is CC(C)CC(C(=O)NC(C=O)CC(=O)OC(C)(C)C)C(=O)NC(CCC(=O)NCc1ccccc1)C(=O)Nc1cccc(Oc2ccccc2)c1. The van der Waals surface area contributed by atoms with Crippen LogP contribution >= 0.6 is 0 Å². The summed E-state index contributed by atoms with van der Waals surface area (Å²) in [6.07, 6.45) is -0.109. The maximum Gasteiger partial charge on any atom is 0.308 e. The van der Waals surface area contributed by atoms with Crippen LogP contribution in [0.4, 0.5) is 5.69 Å². The van der Waals surface area contributed by atoms with Crippen LogP contribution in [0.25, 0.3) is 0 Å². The van der Waals surface area contributed by atoms with Gasteiger partial charge in [0.05, 0.1) is 12.5 Å². The first-order chi connectivity index (χ1) is 24.2. The van der Waals surface area contributed by atoms with Gasteiger partial charge in [0.15, 0.2) is 0 Å². The number of aldehydes is 1. The predicted octanol–water partition coefficient (Wildman–Crippen LogP) is 5.08. The molecule has 0 heterocycles. The highest BCUT2D eigenvalue weighted by molar-refractivity contribution is 6.04. The Hall–Kier alpha value is -5.52. The van der Waals surface area contributed by atoms with E-state index in [4.69, 9.17) is 9.47 Å². The molecule has 0 radical (unpaired) electrons. The number of anilines is 1. The minimum atomic E-state index is -1.31. The lowest BCUT2D eigenvalue weighted by atomic mass is 9.94. The number of rotatable bonds is 18. The number of amides is 4. The number of nitrogens with one attached hydrogen (secondary N) is 4. The summed E-state index contributed by atoms with van der Waals surface area (Å²) in [7, 11) is 0. The maximum atomic E-state index is 13.7. The van der Waals surface area contributed by atoms with Crippen LogP contribution in [0.2, 0.25) is 0 Å². The molecule has 3 aromatic rings. The Morgan fingerprint density at radius 3 is 2.04 bits per heavy atom. The van der Waals surface area contributed by atoms with Crippen molar-refractivity contribution in [1.82, 2.24) is 16.0 Å². The smallest absolute Gasteiger partial charge is 0.308 e. The summed E-state index contributed by atoms with van der Waals surface area (Å²) < 4.78 is 11.1. The van der Waals surface area contributed by atoms with Crippen molar-refractivity contribution in [2.24, 2.45) is 11.8 Å². The van der Waals surface area contributed by atoms with Gasteiger partial charge >= 0.3 is 5.97 Å². The van der Waals surface area contributed by atoms with Crippen LogP contribution in [0.15, 0.2) is 84.9 Å². The van der Waals surface area contributed by atoms with Crippen molar-refractivity contribution in [3.63, 3.8) is 0 Å². The zero-order valence-electron chi connectivity index (χ0n) is 29.8. The third-order valence-electron chi connectivity index (χ3n) is 7.34. The summed E-state index contributed by atoms with van der Waals surface area (Å²) >= 11 is 0. The monoisotopic (exact) mass is 700 g/mol. The molecule has 0 fully saturated rings. The molecule has 0 saturated carbocycles. The minimum absolute atomic E-state index is 0.0793. The number of esters is 1. The lowest BCUT2D eigenvalue weighted by Gasteiger charge is -2.25. The van der Waals surface area contributed by atoms with Crippen LogP contribution in [0.5, 0.6) is 11.5 Å². The van der Waals surface area contributed by atoms with Crippen LogP contribution in [-0.2, 0) is 40.0 Å². The molecule has 0 saturated heterocycles. The second-order valence-electron chi connectivity index (χ2n) is 13.5. The number of carbonyl (C=O) groups excluding carboxylic acids is 6. The Bertz CT molecular complexity index is 1620. The molecule has 0 bridgehead atoms. The fourth-order valence-corrected chi connectivity index (χ4v) is 4.98. The van der Waals surface area contributed by atoms with E-state index < -0.39 is 53.7 Å². The van der Waals surface area contributed by atoms with Crippen molar-refractivity contribution in [2.75, 3.05) is 5.32 Å². The number of carbonyl (C=O) groups is 6. The van der Waals surface area contributed by atoms with Crippen LogP contribution in [0.1, 0.15) is 65.9 Å². The van der Waals surface area contributed by atoms with Gasteiger partial charge in [-0.15, -0.1) is 0 Å². The van der Waals surface area contributed by atoms with Gasteiger partial charge in [-0.3, -0.25) is 24.0 Å². The van der Waals surface area contributed by atoms with Crippen molar-refractivity contribution in [3.05, 3.63) is 90.5 Å². The van der Waals surface area contributed by atoms with Gasteiger partial charge in [0.25, 0.3) is 0 Å². The Kier molecular flexibility index (Phi) is 15.3. The van der Waals surface area contributed by atoms with Gasteiger partial charge in [0.1, 0.15) is 35.3 Å². The molecule has 0 aliphatic heterocycles. The van der Waals surface area contributed by atoms with Crippen molar-refractivity contribution < 1.29 is 38.2 Å². The van der Waals surface area contributed by atoms with Gasteiger partial charge in [0, 0.05) is 24.7 Å². The lowest BCUT2D eigenvalue weighted by molar-refractivity contribution is -0.156. The molecular formula is C39H48N4O8. The van der Waals surface area contributed by atoms with E-state index in [2.05, 4.69) is 21.3 Å². The third-order valence-corrected chi connectivity index (χ3v) is 7.34. The van der Waals surface area contributed by atoms with E-state index in [9.17, 15) is 28.8 Å². The van der Waals surface area contributed by atoms with Gasteiger partial charge in [-0.25, -0.2) is 0 Å². The first-order valence-corrected chi connectivity index (χ1v) is 16.9. The highest BCUT2D eigenvalue weighted by atomic mass is 16.6. The van der Waals surface area contributed by atoms with Crippen LogP contribution < -0.4 is 26.0 Å². The number of ether oxygens (including phenoxy) is 2. The second-order valence-corrected chi connectivity index (χ2v) is 13.5. The van der Waals surface area contributed by atoms with Crippen molar-refractivity contribution in [3.8, 4) is 11.5 Å². The van der Waals surface area contributed by atoms with E-state index in [0.717, 1.165) is 5.56 Å². The zero-order chi connectivity index (χ0) is 37.4. The standard InChI is InChI=1S/C39H48N4O8/c1-26(2)21-32(36(47)42-29(25-44)23-35(46)51-39(3,4)5)37(48)43-33(19-20-34(45)40-24-27-13-8-6-9-14-27)38(49)41-28-15-12-18-31(22-28)50-30-16-10-7-11-17-30/h6-18,22,25-26,29,32-33H,19-21,23-24H2,1-5H3,(H,40,45)(H,41,49)(H,42,47)(H,43,48). The van der Waals surface area contributed by atoms with E-state index in [0.29, 0.717) is 23.5 Å². The molecule has 0 aliphatic carbocycles. The molecule has 0 spiro atoms. The summed E-state index contributed by atoms with van der Waals surface area (Å²) in [5, 5.41) is 10.7. The largest absolute Gasteiger partial charge is 0.460 e. The van der Waals surface area contributed by atoms with Gasteiger partial charge < -0.3 is 35.5 Å². The van der Waals surface area contributed by atoms with E-state index in [1.807, 2.05) is 62.4 Å². The lowest BCUT2D eigenvalue weighted by Crippen LogP contribution is -2.51. The van der Waals surface area contributed by atoms with Crippen LogP contribution in [0, 0.1) is 11.8 Å². The third kappa shape index (κ3) is 14.9. The second kappa shape index (κ2) is 19.6. The Morgan fingerprint density at radius 1 is 0.784 bits per heavy atom. The maximum absolute atomic E-state index is 13.7. The zero-order valence-corrected chi connectivity index (χ0v) is 29.8. The Balaban J connectivity index is 1.76. The van der Waals surface area contributed by atoms with E-state index in [-0.39, 0.29) is 37.6 Å². The molecule has 12 heteroatoms. The Morgan fingerprint density at radius 2 is 1.41 bits per heavy atom. The average molecular weight is 701 g/mol. The highest BCUT2D eigenvalue weighted by Gasteiger charge is 2.33. The molecule has 4 N–H and O–H groups in total. The fourth-order valence-electron chi connectivity index (χ4n) is 4.98. The molecule has 272 valence electrons. The molecule has 3 rings (SSSR count). The normalized spacial score (nSPS) is 12.8. The van der Waals surface area contributed by atoms with E-state index in [1.165, 1.54) is 0 Å². The molecule has 51 heavy (non-hydrogen) atoms. The summed E-state index contributed by atoms with van der Waals surface area (Å²) in [6, 6.07) is 22.7. The quantitative estimate of drug-likeness (QED) is 0.0810. The summed E-state index contributed by atoms with van der Waals surface area (Å²) in [4.78, 5) is 77.8. The molecule has 3 unspecified atom stereocenters. The van der Waals surface area contributed by atoms with Gasteiger partial charge in [-0.1, -0.05) is 68.4 Å². The van der Waals surface area contributed by atoms with Crippen molar-refractivity contribution >= 4 is 41.6 Å². The molecule has 4 amide bonds. The molecule has 12 nitrogen and oxygen atoms in total. The Labute approximate surface area is 299 Å². The van der Waals surface area contributed by atoms with E-state index >= 15 is 0 Å². The van der Waals surface area contributed by atoms with Crippen molar-refractivity contribution in [2.45, 2.75) is 84.5 Å². The van der Waals surface area contributed by atoms with Crippen LogP contribution in [-0.4, -0.2) is 53.6 Å².